The molecule has 0 aromatic heterocycles. The van der Waals surface area contributed by atoms with Gasteiger partial charge in [0, 0.05) is 35.1 Å². The average molecular weight is 356 g/mol. The summed E-state index contributed by atoms with van der Waals surface area (Å²) < 4.78 is 0.700. The van der Waals surface area contributed by atoms with E-state index in [1.165, 1.54) is 6.07 Å². The van der Waals surface area contributed by atoms with Gasteiger partial charge in [0.05, 0.1) is 4.92 Å². The molecule has 0 unspecified atom stereocenters. The number of rotatable bonds is 5. The summed E-state index contributed by atoms with van der Waals surface area (Å²) in [5, 5.41) is 14.2. The molecule has 1 aromatic carbocycles. The number of carbonyl (C=O) groups is 1. The normalized spacial score (nSPS) is 22.0. The minimum atomic E-state index is -0.397. The molecule has 21 heavy (non-hydrogen) atoms. The number of nitro groups is 1. The minimum Gasteiger partial charge on any atom is -0.369 e. The molecule has 0 spiro atoms. The van der Waals surface area contributed by atoms with E-state index in [1.807, 2.05) is 6.07 Å². The largest absolute Gasteiger partial charge is 0.369 e. The van der Waals surface area contributed by atoms with E-state index in [0.717, 1.165) is 31.2 Å². The molecule has 1 aliphatic rings. The molecule has 1 fully saturated rings. The van der Waals surface area contributed by atoms with Crippen molar-refractivity contribution < 1.29 is 9.72 Å². The summed E-state index contributed by atoms with van der Waals surface area (Å²) in [4.78, 5) is 21.5. The molecule has 0 aliphatic heterocycles. The van der Waals surface area contributed by atoms with Crippen LogP contribution in [-0.2, 0) is 11.3 Å². The van der Waals surface area contributed by atoms with E-state index in [2.05, 4.69) is 21.2 Å². The van der Waals surface area contributed by atoms with Crippen molar-refractivity contribution in [2.75, 3.05) is 0 Å². The Bertz CT molecular complexity index is 542. The Kier molecular flexibility index (Phi) is 5.30. The number of benzene rings is 1. The molecule has 2 rings (SSSR count). The zero-order valence-electron chi connectivity index (χ0n) is 11.5. The Morgan fingerprint density at radius 3 is 2.57 bits per heavy atom. The first kappa shape index (κ1) is 15.9. The molecule has 0 radical (unpaired) electrons. The van der Waals surface area contributed by atoms with E-state index < -0.39 is 4.92 Å². The molecule has 3 N–H and O–H groups in total. The maximum atomic E-state index is 11.1. The molecule has 114 valence electrons. The molecule has 0 heterocycles. The fourth-order valence-corrected chi connectivity index (χ4v) is 3.21. The Hall–Kier alpha value is -1.47. The third-order valence-electron chi connectivity index (χ3n) is 3.88. The summed E-state index contributed by atoms with van der Waals surface area (Å²) in [5.41, 5.74) is 6.26. The summed E-state index contributed by atoms with van der Waals surface area (Å²) in [6.07, 6.45) is 3.44. The van der Waals surface area contributed by atoms with Gasteiger partial charge in [-0.1, -0.05) is 15.9 Å². The number of nitrogens with zero attached hydrogens (tertiary/aromatic N) is 1. The number of non-ortho nitro benzene ring substituents is 1. The average Bonchev–Trinajstić information content (AvgIpc) is 2.45. The van der Waals surface area contributed by atoms with Gasteiger partial charge in [-0.15, -0.1) is 0 Å². The standard InChI is InChI=1S/C14H18BrN3O3/c15-11-5-9(6-13(7-11)18(20)21)8-17-12-3-1-10(2-4-12)14(16)19/h5-7,10,12,17H,1-4,8H2,(H2,16,19). The lowest BCUT2D eigenvalue weighted by Gasteiger charge is -2.27. The molecular weight excluding hydrogens is 338 g/mol. The highest BCUT2D eigenvalue weighted by Crippen LogP contribution is 2.25. The van der Waals surface area contributed by atoms with Crippen LogP contribution >= 0.6 is 15.9 Å². The number of nitro benzene ring substituents is 1. The Balaban J connectivity index is 1.89. The van der Waals surface area contributed by atoms with Crippen LogP contribution in [0.25, 0.3) is 0 Å². The van der Waals surface area contributed by atoms with Crippen LogP contribution in [0.1, 0.15) is 31.2 Å². The number of nitrogens with one attached hydrogen (secondary N) is 1. The molecule has 6 nitrogen and oxygen atoms in total. The van der Waals surface area contributed by atoms with Crippen molar-refractivity contribution in [3.05, 3.63) is 38.3 Å². The summed E-state index contributed by atoms with van der Waals surface area (Å²) >= 11 is 3.29. The quantitative estimate of drug-likeness (QED) is 0.626. The van der Waals surface area contributed by atoms with Crippen molar-refractivity contribution in [2.45, 2.75) is 38.3 Å². The molecule has 0 bridgehead atoms. The number of halogens is 1. The second-order valence-electron chi connectivity index (χ2n) is 5.41. The fraction of sp³-hybridized carbons (Fsp3) is 0.500. The predicted octanol–water partition coefficient (Wildman–Crippen LogP) is 2.49. The van der Waals surface area contributed by atoms with Crippen LogP contribution in [0.4, 0.5) is 5.69 Å². The van der Waals surface area contributed by atoms with E-state index >= 15 is 0 Å². The van der Waals surface area contributed by atoms with E-state index in [-0.39, 0.29) is 17.5 Å². The Morgan fingerprint density at radius 2 is 2.00 bits per heavy atom. The lowest BCUT2D eigenvalue weighted by molar-refractivity contribution is -0.385. The fourth-order valence-electron chi connectivity index (χ4n) is 2.69. The molecular formula is C14H18BrN3O3. The summed E-state index contributed by atoms with van der Waals surface area (Å²) in [6.45, 7) is 0.576. The van der Waals surface area contributed by atoms with Gasteiger partial charge >= 0.3 is 0 Å². The molecule has 0 atom stereocenters. The van der Waals surface area contributed by atoms with Gasteiger partial charge in [-0.3, -0.25) is 14.9 Å². The first-order valence-corrected chi connectivity index (χ1v) is 7.71. The Morgan fingerprint density at radius 1 is 1.33 bits per heavy atom. The topological polar surface area (TPSA) is 98.3 Å². The van der Waals surface area contributed by atoms with Gasteiger partial charge in [-0.05, 0) is 37.3 Å². The molecule has 7 heteroatoms. The van der Waals surface area contributed by atoms with E-state index in [4.69, 9.17) is 5.73 Å². The van der Waals surface area contributed by atoms with Crippen LogP contribution in [0.5, 0.6) is 0 Å². The van der Waals surface area contributed by atoms with Crippen LogP contribution in [0.3, 0.4) is 0 Å². The van der Waals surface area contributed by atoms with Gasteiger partial charge in [0.25, 0.3) is 5.69 Å². The lowest BCUT2D eigenvalue weighted by atomic mass is 9.85. The molecule has 1 aliphatic carbocycles. The number of hydrogen-bond donors (Lipinski definition) is 2. The van der Waals surface area contributed by atoms with Gasteiger partial charge in [-0.2, -0.15) is 0 Å². The minimum absolute atomic E-state index is 0.00462. The number of hydrogen-bond acceptors (Lipinski definition) is 4. The van der Waals surface area contributed by atoms with Crippen molar-refractivity contribution in [3.8, 4) is 0 Å². The number of primary amides is 1. The lowest BCUT2D eigenvalue weighted by Crippen LogP contribution is -2.36. The molecule has 1 saturated carbocycles. The Labute approximate surface area is 131 Å². The maximum Gasteiger partial charge on any atom is 0.270 e. The van der Waals surface area contributed by atoms with Crippen LogP contribution in [0.2, 0.25) is 0 Å². The summed E-state index contributed by atoms with van der Waals surface area (Å²) in [6, 6.07) is 5.27. The number of carbonyl (C=O) groups excluding carboxylic acids is 1. The smallest absolute Gasteiger partial charge is 0.270 e. The van der Waals surface area contributed by atoms with Gasteiger partial charge in [0.15, 0.2) is 0 Å². The van der Waals surface area contributed by atoms with Crippen LogP contribution in [0, 0.1) is 16.0 Å². The molecule has 0 saturated heterocycles. The zero-order valence-corrected chi connectivity index (χ0v) is 13.1. The van der Waals surface area contributed by atoms with E-state index in [1.54, 1.807) is 6.07 Å². The zero-order chi connectivity index (χ0) is 15.4. The van der Waals surface area contributed by atoms with Crippen molar-refractivity contribution in [3.63, 3.8) is 0 Å². The number of amides is 1. The van der Waals surface area contributed by atoms with Gasteiger partial charge in [-0.25, -0.2) is 0 Å². The van der Waals surface area contributed by atoms with Crippen molar-refractivity contribution >= 4 is 27.5 Å². The second-order valence-corrected chi connectivity index (χ2v) is 6.32. The number of nitrogens with two attached hydrogens (primary N) is 1. The summed E-state index contributed by atoms with van der Waals surface area (Å²) in [7, 11) is 0. The first-order chi connectivity index (χ1) is 9.95. The van der Waals surface area contributed by atoms with Crippen LogP contribution in [0.15, 0.2) is 22.7 Å². The van der Waals surface area contributed by atoms with Gasteiger partial charge in [0.2, 0.25) is 5.91 Å². The monoisotopic (exact) mass is 355 g/mol. The van der Waals surface area contributed by atoms with Crippen LogP contribution in [-0.4, -0.2) is 16.9 Å². The van der Waals surface area contributed by atoms with Crippen molar-refractivity contribution in [1.29, 1.82) is 0 Å². The first-order valence-electron chi connectivity index (χ1n) is 6.92. The van der Waals surface area contributed by atoms with E-state index in [9.17, 15) is 14.9 Å². The SMILES string of the molecule is NC(=O)C1CCC(NCc2cc(Br)cc([N+](=O)[O-])c2)CC1. The third kappa shape index (κ3) is 4.50. The van der Waals surface area contributed by atoms with Gasteiger partial charge < -0.3 is 11.1 Å². The van der Waals surface area contributed by atoms with Crippen molar-refractivity contribution in [2.24, 2.45) is 11.7 Å². The second kappa shape index (κ2) is 7.00. The van der Waals surface area contributed by atoms with Gasteiger partial charge in [0.1, 0.15) is 0 Å². The van der Waals surface area contributed by atoms with Crippen molar-refractivity contribution in [1.82, 2.24) is 5.32 Å². The van der Waals surface area contributed by atoms with Crippen LogP contribution < -0.4 is 11.1 Å². The molecule has 1 aromatic rings. The summed E-state index contributed by atoms with van der Waals surface area (Å²) in [5.74, 6) is -0.217. The highest BCUT2D eigenvalue weighted by Gasteiger charge is 2.24. The highest BCUT2D eigenvalue weighted by atomic mass is 79.9. The maximum absolute atomic E-state index is 11.1. The third-order valence-corrected chi connectivity index (χ3v) is 4.34. The van der Waals surface area contributed by atoms with E-state index in [0.29, 0.717) is 17.1 Å². The predicted molar refractivity (Wildman–Crippen MR) is 82.6 cm³/mol. The highest BCUT2D eigenvalue weighted by molar-refractivity contribution is 9.10. The molecule has 1 amide bonds.